The molecule has 1 rings (SSSR count). The summed E-state index contributed by atoms with van der Waals surface area (Å²) in [6, 6.07) is 4.31. The van der Waals surface area contributed by atoms with Crippen LogP contribution in [0.3, 0.4) is 0 Å². The lowest BCUT2D eigenvalue weighted by molar-refractivity contribution is 0.0940. The van der Waals surface area contributed by atoms with Crippen molar-refractivity contribution in [3.05, 3.63) is 29.3 Å². The molecule has 0 aromatic heterocycles. The number of sulfonamides is 1. The van der Waals surface area contributed by atoms with E-state index in [-0.39, 0.29) is 16.8 Å². The third kappa shape index (κ3) is 4.03. The number of benzene rings is 1. The monoisotopic (exact) mass is 299 g/mol. The van der Waals surface area contributed by atoms with Crippen LogP contribution in [-0.2, 0) is 10.0 Å². The lowest BCUT2D eigenvalue weighted by Crippen LogP contribution is -2.38. The van der Waals surface area contributed by atoms with E-state index in [0.717, 1.165) is 0 Å². The molecule has 0 bridgehead atoms. The highest BCUT2D eigenvalue weighted by molar-refractivity contribution is 7.89. The average molecular weight is 299 g/mol. The average Bonchev–Trinajstić information content (AvgIpc) is 2.38. The predicted molar refractivity (Wildman–Crippen MR) is 78.0 cm³/mol. The standard InChI is InChI=1S/C13H21N3O3S/c1-4-15-20(18,19)11-6-5-9(2)12(7-11)13(17)16-10(3)8-14/h5-7,10,15H,4,8,14H2,1-3H3,(H,16,17)/t10-/m0/s1. The van der Waals surface area contributed by atoms with Crippen LogP contribution in [0.2, 0.25) is 0 Å². The summed E-state index contributed by atoms with van der Waals surface area (Å²) in [7, 11) is -3.57. The lowest BCUT2D eigenvalue weighted by atomic mass is 10.1. The molecule has 1 atom stereocenters. The van der Waals surface area contributed by atoms with Crippen molar-refractivity contribution in [1.82, 2.24) is 10.0 Å². The number of nitrogens with two attached hydrogens (primary N) is 1. The first-order valence-corrected chi connectivity index (χ1v) is 7.91. The van der Waals surface area contributed by atoms with Crippen LogP contribution in [0.4, 0.5) is 0 Å². The highest BCUT2D eigenvalue weighted by Gasteiger charge is 2.17. The Morgan fingerprint density at radius 1 is 1.40 bits per heavy atom. The maximum Gasteiger partial charge on any atom is 0.251 e. The van der Waals surface area contributed by atoms with E-state index in [0.29, 0.717) is 24.2 Å². The van der Waals surface area contributed by atoms with Crippen LogP contribution in [0.5, 0.6) is 0 Å². The van der Waals surface area contributed by atoms with E-state index in [1.807, 2.05) is 0 Å². The molecule has 1 amide bonds. The van der Waals surface area contributed by atoms with Gasteiger partial charge < -0.3 is 11.1 Å². The first kappa shape index (κ1) is 16.6. The molecule has 0 radical (unpaired) electrons. The SMILES string of the molecule is CCNS(=O)(=O)c1ccc(C)c(C(=O)N[C@@H](C)CN)c1. The summed E-state index contributed by atoms with van der Waals surface area (Å²) in [5.74, 6) is -0.325. The Morgan fingerprint density at radius 3 is 2.60 bits per heavy atom. The fourth-order valence-electron chi connectivity index (χ4n) is 1.65. The smallest absolute Gasteiger partial charge is 0.251 e. The molecule has 0 saturated heterocycles. The van der Waals surface area contributed by atoms with Gasteiger partial charge in [0.05, 0.1) is 4.90 Å². The molecule has 6 nitrogen and oxygen atoms in total. The number of aryl methyl sites for hydroxylation is 1. The molecule has 0 fully saturated rings. The van der Waals surface area contributed by atoms with Crippen molar-refractivity contribution < 1.29 is 13.2 Å². The second kappa shape index (κ2) is 6.83. The molecule has 4 N–H and O–H groups in total. The van der Waals surface area contributed by atoms with E-state index >= 15 is 0 Å². The van der Waals surface area contributed by atoms with Gasteiger partial charge in [0, 0.05) is 24.7 Å². The Morgan fingerprint density at radius 2 is 2.05 bits per heavy atom. The van der Waals surface area contributed by atoms with Gasteiger partial charge in [0.1, 0.15) is 0 Å². The molecule has 7 heteroatoms. The molecule has 0 saturated carbocycles. The maximum absolute atomic E-state index is 12.1. The molecule has 0 spiro atoms. The molecule has 0 aliphatic heterocycles. The zero-order valence-corrected chi connectivity index (χ0v) is 12.8. The Balaban J connectivity index is 3.13. The van der Waals surface area contributed by atoms with Gasteiger partial charge in [-0.3, -0.25) is 4.79 Å². The first-order chi connectivity index (χ1) is 9.31. The van der Waals surface area contributed by atoms with Crippen molar-refractivity contribution >= 4 is 15.9 Å². The van der Waals surface area contributed by atoms with Gasteiger partial charge >= 0.3 is 0 Å². The van der Waals surface area contributed by atoms with Gasteiger partial charge in [-0.25, -0.2) is 13.1 Å². The number of hydrogen-bond acceptors (Lipinski definition) is 4. The number of nitrogens with one attached hydrogen (secondary N) is 2. The van der Waals surface area contributed by atoms with Crippen molar-refractivity contribution in [1.29, 1.82) is 0 Å². The molecule has 1 aromatic carbocycles. The van der Waals surface area contributed by atoms with E-state index in [1.165, 1.54) is 12.1 Å². The minimum atomic E-state index is -3.57. The topological polar surface area (TPSA) is 101 Å². The highest BCUT2D eigenvalue weighted by Crippen LogP contribution is 2.15. The highest BCUT2D eigenvalue weighted by atomic mass is 32.2. The molecule has 0 heterocycles. The Hall–Kier alpha value is -1.44. The Kier molecular flexibility index (Phi) is 5.67. The molecule has 0 aliphatic carbocycles. The summed E-state index contributed by atoms with van der Waals surface area (Å²) in [5, 5.41) is 2.72. The third-order valence-corrected chi connectivity index (χ3v) is 4.37. The van der Waals surface area contributed by atoms with Crippen LogP contribution >= 0.6 is 0 Å². The fourth-order valence-corrected chi connectivity index (χ4v) is 2.71. The van der Waals surface area contributed by atoms with Gasteiger partial charge in [-0.2, -0.15) is 0 Å². The zero-order valence-electron chi connectivity index (χ0n) is 11.9. The van der Waals surface area contributed by atoms with E-state index in [4.69, 9.17) is 5.73 Å². The summed E-state index contributed by atoms with van der Waals surface area (Å²) < 4.78 is 26.3. The molecule has 0 aliphatic rings. The van der Waals surface area contributed by atoms with Crippen LogP contribution in [0.25, 0.3) is 0 Å². The van der Waals surface area contributed by atoms with Crippen molar-refractivity contribution in [2.75, 3.05) is 13.1 Å². The van der Waals surface area contributed by atoms with Gasteiger partial charge in [-0.05, 0) is 31.5 Å². The van der Waals surface area contributed by atoms with E-state index in [9.17, 15) is 13.2 Å². The number of amides is 1. The van der Waals surface area contributed by atoms with Crippen molar-refractivity contribution in [2.24, 2.45) is 5.73 Å². The van der Waals surface area contributed by atoms with E-state index < -0.39 is 10.0 Å². The van der Waals surface area contributed by atoms with Crippen LogP contribution in [0, 0.1) is 6.92 Å². The minimum Gasteiger partial charge on any atom is -0.348 e. The Labute approximate surface area is 119 Å². The largest absolute Gasteiger partial charge is 0.348 e. The summed E-state index contributed by atoms with van der Waals surface area (Å²) in [6.07, 6.45) is 0. The molecule has 112 valence electrons. The molecular formula is C13H21N3O3S. The van der Waals surface area contributed by atoms with Gasteiger partial charge in [0.15, 0.2) is 0 Å². The second-order valence-electron chi connectivity index (χ2n) is 4.59. The lowest BCUT2D eigenvalue weighted by Gasteiger charge is -2.14. The summed E-state index contributed by atoms with van der Waals surface area (Å²) in [4.78, 5) is 12.2. The van der Waals surface area contributed by atoms with Crippen LogP contribution in [-0.4, -0.2) is 33.5 Å². The third-order valence-electron chi connectivity index (χ3n) is 2.83. The quantitative estimate of drug-likeness (QED) is 0.706. The van der Waals surface area contributed by atoms with Gasteiger partial charge in [0.25, 0.3) is 5.91 Å². The maximum atomic E-state index is 12.1. The van der Waals surface area contributed by atoms with E-state index in [1.54, 1.807) is 26.8 Å². The summed E-state index contributed by atoms with van der Waals surface area (Å²) in [5.41, 5.74) is 6.50. The number of rotatable bonds is 6. The second-order valence-corrected chi connectivity index (χ2v) is 6.36. The minimum absolute atomic E-state index is 0.0792. The zero-order chi connectivity index (χ0) is 15.3. The van der Waals surface area contributed by atoms with Crippen LogP contribution in [0.1, 0.15) is 29.8 Å². The number of carbonyl (C=O) groups is 1. The van der Waals surface area contributed by atoms with E-state index in [2.05, 4.69) is 10.0 Å². The van der Waals surface area contributed by atoms with Gasteiger partial charge in [-0.1, -0.05) is 13.0 Å². The van der Waals surface area contributed by atoms with Crippen molar-refractivity contribution in [3.8, 4) is 0 Å². The Bertz CT molecular complexity index is 585. The fraction of sp³-hybridized carbons (Fsp3) is 0.462. The number of hydrogen-bond donors (Lipinski definition) is 3. The van der Waals surface area contributed by atoms with Crippen LogP contribution < -0.4 is 15.8 Å². The van der Waals surface area contributed by atoms with Crippen LogP contribution in [0.15, 0.2) is 23.1 Å². The normalized spacial score (nSPS) is 13.0. The molecule has 1 aromatic rings. The van der Waals surface area contributed by atoms with Crippen molar-refractivity contribution in [3.63, 3.8) is 0 Å². The first-order valence-electron chi connectivity index (χ1n) is 6.43. The molecular weight excluding hydrogens is 278 g/mol. The number of carbonyl (C=O) groups excluding carboxylic acids is 1. The van der Waals surface area contributed by atoms with Gasteiger partial charge in [-0.15, -0.1) is 0 Å². The summed E-state index contributed by atoms with van der Waals surface area (Å²) in [6.45, 7) is 5.85. The van der Waals surface area contributed by atoms with Gasteiger partial charge in [0.2, 0.25) is 10.0 Å². The summed E-state index contributed by atoms with van der Waals surface area (Å²) >= 11 is 0. The predicted octanol–water partition coefficient (Wildman–Crippen LogP) is 0.370. The molecule has 20 heavy (non-hydrogen) atoms. The van der Waals surface area contributed by atoms with Crippen molar-refractivity contribution in [2.45, 2.75) is 31.7 Å². The molecule has 0 unspecified atom stereocenters.